The minimum Gasteiger partial charge on any atom is -0.467 e. The first-order chi connectivity index (χ1) is 11.3. The highest BCUT2D eigenvalue weighted by molar-refractivity contribution is 7.98. The van der Waals surface area contributed by atoms with Gasteiger partial charge < -0.3 is 9.47 Å². The fourth-order valence-corrected chi connectivity index (χ4v) is 4.03. The van der Waals surface area contributed by atoms with Gasteiger partial charge in [0.2, 0.25) is 5.16 Å². The van der Waals surface area contributed by atoms with Gasteiger partial charge in [-0.3, -0.25) is 5.10 Å². The van der Waals surface area contributed by atoms with Gasteiger partial charge in [-0.05, 0) is 23.6 Å². The van der Waals surface area contributed by atoms with Crippen molar-refractivity contribution in [1.82, 2.24) is 15.2 Å². The van der Waals surface area contributed by atoms with Crippen molar-refractivity contribution in [1.29, 1.82) is 0 Å². The predicted molar refractivity (Wildman–Crippen MR) is 91.0 cm³/mol. The van der Waals surface area contributed by atoms with Crippen LogP contribution in [0.25, 0.3) is 10.7 Å². The normalized spacial score (nSPS) is 13.6. The second-order valence-corrected chi connectivity index (χ2v) is 7.22. The highest BCUT2D eigenvalue weighted by Crippen LogP contribution is 2.35. The van der Waals surface area contributed by atoms with Crippen LogP contribution in [0.3, 0.4) is 0 Å². The van der Waals surface area contributed by atoms with Gasteiger partial charge in [-0.15, -0.1) is 16.4 Å². The second kappa shape index (κ2) is 6.52. The first-order valence-corrected chi connectivity index (χ1v) is 9.15. The van der Waals surface area contributed by atoms with Crippen LogP contribution in [0.15, 0.2) is 34.8 Å². The van der Waals surface area contributed by atoms with E-state index in [1.54, 1.807) is 23.1 Å². The van der Waals surface area contributed by atoms with E-state index in [9.17, 15) is 0 Å². The van der Waals surface area contributed by atoms with Crippen LogP contribution in [0.5, 0.6) is 5.75 Å². The van der Waals surface area contributed by atoms with Crippen molar-refractivity contribution in [2.45, 2.75) is 17.5 Å². The average Bonchev–Trinajstić information content (AvgIpc) is 3.23. The summed E-state index contributed by atoms with van der Waals surface area (Å²) in [7, 11) is 0. The third-order valence-electron chi connectivity index (χ3n) is 3.33. The molecule has 0 radical (unpaired) electrons. The van der Waals surface area contributed by atoms with E-state index in [0.29, 0.717) is 22.5 Å². The predicted octanol–water partition coefficient (Wildman–Crippen LogP) is 4.35. The summed E-state index contributed by atoms with van der Waals surface area (Å²) >= 11 is 9.35. The minimum atomic E-state index is 0.273. The van der Waals surface area contributed by atoms with E-state index in [-0.39, 0.29) is 6.79 Å². The molecular formula is C15H12ClN3O2S2. The second-order valence-electron chi connectivity index (χ2n) is 4.90. The highest BCUT2D eigenvalue weighted by Gasteiger charge is 2.17. The molecule has 118 valence electrons. The zero-order valence-electron chi connectivity index (χ0n) is 11.9. The van der Waals surface area contributed by atoms with Crippen LogP contribution in [-0.4, -0.2) is 22.0 Å². The zero-order valence-corrected chi connectivity index (χ0v) is 14.3. The Hall–Kier alpha value is -1.54. The Labute approximate surface area is 146 Å². The van der Waals surface area contributed by atoms with Crippen molar-refractivity contribution in [2.24, 2.45) is 0 Å². The SMILES string of the molecule is Clc1cc2c(c(CSc3n[nH]c(-c4cccs4)n3)c1)OCOC2. The smallest absolute Gasteiger partial charge is 0.209 e. The van der Waals surface area contributed by atoms with E-state index >= 15 is 0 Å². The molecule has 1 aromatic carbocycles. The summed E-state index contributed by atoms with van der Waals surface area (Å²) in [5.74, 6) is 2.34. The van der Waals surface area contributed by atoms with E-state index < -0.39 is 0 Å². The van der Waals surface area contributed by atoms with Gasteiger partial charge in [0.05, 0.1) is 11.5 Å². The molecule has 2 aromatic heterocycles. The number of ether oxygens (including phenoxy) is 2. The van der Waals surface area contributed by atoms with E-state index in [4.69, 9.17) is 21.1 Å². The maximum atomic E-state index is 6.18. The number of nitrogens with zero attached hydrogens (tertiary/aromatic N) is 2. The number of aromatic nitrogens is 3. The molecule has 0 spiro atoms. The van der Waals surface area contributed by atoms with Crippen LogP contribution in [0.1, 0.15) is 11.1 Å². The zero-order chi connectivity index (χ0) is 15.6. The molecule has 1 aliphatic heterocycles. The maximum Gasteiger partial charge on any atom is 0.209 e. The van der Waals surface area contributed by atoms with Crippen LogP contribution in [0.2, 0.25) is 5.02 Å². The molecule has 0 bridgehead atoms. The number of rotatable bonds is 4. The summed E-state index contributed by atoms with van der Waals surface area (Å²) in [5.41, 5.74) is 2.01. The Bertz CT molecular complexity index is 820. The van der Waals surface area contributed by atoms with Gasteiger partial charge in [0.15, 0.2) is 12.6 Å². The van der Waals surface area contributed by atoms with E-state index in [1.807, 2.05) is 29.6 Å². The summed E-state index contributed by atoms with van der Waals surface area (Å²) in [6.45, 7) is 0.798. The van der Waals surface area contributed by atoms with Gasteiger partial charge in [0.25, 0.3) is 0 Å². The lowest BCUT2D eigenvalue weighted by molar-refractivity contribution is -0.0168. The van der Waals surface area contributed by atoms with E-state index in [0.717, 1.165) is 27.6 Å². The third-order valence-corrected chi connectivity index (χ3v) is 5.32. The van der Waals surface area contributed by atoms with Crippen LogP contribution in [-0.2, 0) is 17.1 Å². The molecule has 0 aliphatic carbocycles. The Morgan fingerprint density at radius 1 is 1.39 bits per heavy atom. The van der Waals surface area contributed by atoms with Crippen LogP contribution < -0.4 is 4.74 Å². The Kier molecular flexibility index (Phi) is 4.26. The Balaban J connectivity index is 1.52. The third kappa shape index (κ3) is 3.23. The van der Waals surface area contributed by atoms with Crippen molar-refractivity contribution >= 4 is 34.7 Å². The number of fused-ring (bicyclic) bond motifs is 1. The number of hydrogen-bond donors (Lipinski definition) is 1. The molecular weight excluding hydrogens is 354 g/mol. The average molecular weight is 366 g/mol. The number of nitrogens with one attached hydrogen (secondary N) is 1. The highest BCUT2D eigenvalue weighted by atomic mass is 35.5. The first kappa shape index (κ1) is 15.0. The number of thioether (sulfide) groups is 1. The summed E-state index contributed by atoms with van der Waals surface area (Å²) in [5, 5.41) is 10.6. The molecule has 3 heterocycles. The van der Waals surface area contributed by atoms with Crippen LogP contribution >= 0.6 is 34.7 Å². The van der Waals surface area contributed by atoms with Crippen LogP contribution in [0.4, 0.5) is 0 Å². The Morgan fingerprint density at radius 2 is 2.35 bits per heavy atom. The lowest BCUT2D eigenvalue weighted by Gasteiger charge is -2.20. The molecule has 23 heavy (non-hydrogen) atoms. The van der Waals surface area contributed by atoms with Gasteiger partial charge in [-0.1, -0.05) is 29.4 Å². The largest absolute Gasteiger partial charge is 0.467 e. The molecule has 4 rings (SSSR count). The van der Waals surface area contributed by atoms with E-state index in [1.165, 1.54) is 0 Å². The van der Waals surface area contributed by atoms with E-state index in [2.05, 4.69) is 15.2 Å². The monoisotopic (exact) mass is 365 g/mol. The van der Waals surface area contributed by atoms with Gasteiger partial charge in [-0.2, -0.15) is 0 Å². The fraction of sp³-hybridized carbons (Fsp3) is 0.200. The molecule has 1 aliphatic rings. The van der Waals surface area contributed by atoms with Gasteiger partial charge in [0, 0.05) is 21.9 Å². The molecule has 0 saturated carbocycles. The van der Waals surface area contributed by atoms with Crippen molar-refractivity contribution < 1.29 is 9.47 Å². The molecule has 0 saturated heterocycles. The van der Waals surface area contributed by atoms with Crippen molar-refractivity contribution in [3.63, 3.8) is 0 Å². The number of thiophene rings is 1. The fourth-order valence-electron chi connectivity index (χ4n) is 2.34. The first-order valence-electron chi connectivity index (χ1n) is 6.90. The topological polar surface area (TPSA) is 60.0 Å². The van der Waals surface area contributed by atoms with Crippen molar-refractivity contribution in [3.8, 4) is 16.5 Å². The maximum absolute atomic E-state index is 6.18. The summed E-state index contributed by atoms with van der Waals surface area (Å²) in [6.07, 6.45) is 0. The van der Waals surface area contributed by atoms with Crippen molar-refractivity contribution in [2.75, 3.05) is 6.79 Å². The molecule has 0 atom stereocenters. The number of hydrogen-bond acceptors (Lipinski definition) is 6. The molecule has 8 heteroatoms. The minimum absolute atomic E-state index is 0.273. The van der Waals surface area contributed by atoms with Crippen LogP contribution in [0, 0.1) is 0 Å². The number of aromatic amines is 1. The quantitative estimate of drug-likeness (QED) is 0.696. The Morgan fingerprint density at radius 3 is 3.22 bits per heavy atom. The number of H-pyrrole nitrogens is 1. The standard InChI is InChI=1S/C15H12ClN3O2S2/c16-11-4-9-6-20-8-21-13(9)10(5-11)7-23-15-17-14(18-19-15)12-2-1-3-22-12/h1-5H,6-8H2,(H,17,18,19). The molecule has 3 aromatic rings. The van der Waals surface area contributed by atoms with Gasteiger partial charge in [-0.25, -0.2) is 4.98 Å². The summed E-state index contributed by atoms with van der Waals surface area (Å²) in [4.78, 5) is 5.58. The lowest BCUT2D eigenvalue weighted by Crippen LogP contribution is -2.12. The molecule has 0 unspecified atom stereocenters. The van der Waals surface area contributed by atoms with Crippen molar-refractivity contribution in [3.05, 3.63) is 45.8 Å². The number of halogens is 1. The summed E-state index contributed by atoms with van der Waals surface area (Å²) < 4.78 is 10.9. The lowest BCUT2D eigenvalue weighted by atomic mass is 10.1. The van der Waals surface area contributed by atoms with Gasteiger partial charge >= 0.3 is 0 Å². The summed E-state index contributed by atoms with van der Waals surface area (Å²) in [6, 6.07) is 7.81. The van der Waals surface area contributed by atoms with Gasteiger partial charge in [0.1, 0.15) is 5.75 Å². The molecule has 1 N–H and O–H groups in total. The molecule has 5 nitrogen and oxygen atoms in total. The molecule has 0 amide bonds. The molecule has 0 fully saturated rings. The number of benzene rings is 1.